The maximum atomic E-state index is 6.13. The van der Waals surface area contributed by atoms with Gasteiger partial charge in [0.1, 0.15) is 0 Å². The number of hydrogen-bond acceptors (Lipinski definition) is 3. The van der Waals surface area contributed by atoms with Crippen molar-refractivity contribution in [1.29, 1.82) is 0 Å². The Morgan fingerprint density at radius 3 is 2.15 bits per heavy atom. The minimum absolute atomic E-state index is 0.140. The SMILES string of the molecule is CN1CCC(C(N)C(C)(C)N)CC1. The van der Waals surface area contributed by atoms with Crippen LogP contribution in [0.25, 0.3) is 0 Å². The van der Waals surface area contributed by atoms with Gasteiger partial charge in [-0.15, -0.1) is 0 Å². The van der Waals surface area contributed by atoms with E-state index in [-0.39, 0.29) is 11.6 Å². The largest absolute Gasteiger partial charge is 0.326 e. The van der Waals surface area contributed by atoms with Crippen LogP contribution >= 0.6 is 0 Å². The lowest BCUT2D eigenvalue weighted by molar-refractivity contribution is 0.171. The fourth-order valence-electron chi connectivity index (χ4n) is 2.00. The Bertz CT molecular complexity index is 154. The first-order valence-electron chi connectivity index (χ1n) is 5.14. The van der Waals surface area contributed by atoms with Gasteiger partial charge in [0.05, 0.1) is 0 Å². The Balaban J connectivity index is 2.45. The minimum atomic E-state index is -0.236. The molecule has 0 aromatic rings. The summed E-state index contributed by atoms with van der Waals surface area (Å²) in [7, 11) is 2.16. The predicted molar refractivity (Wildman–Crippen MR) is 56.5 cm³/mol. The Kier molecular flexibility index (Phi) is 3.33. The highest BCUT2D eigenvalue weighted by molar-refractivity contribution is 4.92. The average Bonchev–Trinajstić information content (AvgIpc) is 2.03. The van der Waals surface area contributed by atoms with Gasteiger partial charge in [0, 0.05) is 11.6 Å². The molecule has 0 saturated carbocycles. The topological polar surface area (TPSA) is 55.3 Å². The highest BCUT2D eigenvalue weighted by atomic mass is 15.1. The Hall–Kier alpha value is -0.120. The number of nitrogens with zero attached hydrogens (tertiary/aromatic N) is 1. The molecule has 1 aliphatic heterocycles. The molecule has 1 saturated heterocycles. The second kappa shape index (κ2) is 3.95. The molecule has 1 unspecified atom stereocenters. The summed E-state index contributed by atoms with van der Waals surface area (Å²) in [5, 5.41) is 0. The van der Waals surface area contributed by atoms with Gasteiger partial charge in [-0.1, -0.05) is 0 Å². The summed E-state index contributed by atoms with van der Waals surface area (Å²) in [4.78, 5) is 2.35. The van der Waals surface area contributed by atoms with E-state index in [0.717, 1.165) is 13.1 Å². The second-order valence-corrected chi connectivity index (χ2v) is 4.99. The average molecular weight is 185 g/mol. The molecule has 1 aliphatic rings. The van der Waals surface area contributed by atoms with E-state index in [4.69, 9.17) is 11.5 Å². The molecule has 0 radical (unpaired) electrons. The van der Waals surface area contributed by atoms with E-state index < -0.39 is 0 Å². The highest BCUT2D eigenvalue weighted by Crippen LogP contribution is 2.23. The van der Waals surface area contributed by atoms with E-state index in [1.807, 2.05) is 13.8 Å². The van der Waals surface area contributed by atoms with Crippen LogP contribution in [0, 0.1) is 5.92 Å². The van der Waals surface area contributed by atoms with Gasteiger partial charge in [0.25, 0.3) is 0 Å². The molecule has 0 bridgehead atoms. The van der Waals surface area contributed by atoms with Crippen molar-refractivity contribution in [3.8, 4) is 0 Å². The number of likely N-dealkylation sites (tertiary alicyclic amines) is 1. The molecule has 3 nitrogen and oxygen atoms in total. The van der Waals surface area contributed by atoms with Crippen LogP contribution < -0.4 is 11.5 Å². The van der Waals surface area contributed by atoms with Crippen molar-refractivity contribution in [2.45, 2.75) is 38.3 Å². The summed E-state index contributed by atoms with van der Waals surface area (Å²) in [6.45, 7) is 6.37. The molecule has 0 aromatic carbocycles. The van der Waals surface area contributed by atoms with Crippen molar-refractivity contribution >= 4 is 0 Å². The summed E-state index contributed by atoms with van der Waals surface area (Å²) in [5.74, 6) is 0.608. The molecule has 4 N–H and O–H groups in total. The lowest BCUT2D eigenvalue weighted by Crippen LogP contribution is -2.56. The third-order valence-corrected chi connectivity index (χ3v) is 3.13. The fraction of sp³-hybridized carbons (Fsp3) is 1.00. The van der Waals surface area contributed by atoms with Crippen LogP contribution in [0.5, 0.6) is 0 Å². The van der Waals surface area contributed by atoms with E-state index in [1.165, 1.54) is 12.8 Å². The molecule has 0 spiro atoms. The summed E-state index contributed by atoms with van der Waals surface area (Å²) in [6.07, 6.45) is 2.39. The van der Waals surface area contributed by atoms with Gasteiger partial charge in [0.15, 0.2) is 0 Å². The zero-order chi connectivity index (χ0) is 10.1. The van der Waals surface area contributed by atoms with E-state index >= 15 is 0 Å². The number of piperidine rings is 1. The van der Waals surface area contributed by atoms with Crippen molar-refractivity contribution in [3.05, 3.63) is 0 Å². The molecule has 1 rings (SSSR count). The predicted octanol–water partition coefficient (Wildman–Crippen LogP) is 0.393. The van der Waals surface area contributed by atoms with Crippen molar-refractivity contribution in [2.24, 2.45) is 17.4 Å². The molecule has 0 aliphatic carbocycles. The van der Waals surface area contributed by atoms with Gasteiger partial charge in [-0.2, -0.15) is 0 Å². The van der Waals surface area contributed by atoms with E-state index in [2.05, 4.69) is 11.9 Å². The molecule has 3 heteroatoms. The van der Waals surface area contributed by atoms with Gasteiger partial charge in [-0.05, 0) is 52.7 Å². The number of rotatable bonds is 2. The minimum Gasteiger partial charge on any atom is -0.326 e. The standard InChI is InChI=1S/C10H23N3/c1-10(2,12)9(11)8-4-6-13(3)7-5-8/h8-9H,4-7,11-12H2,1-3H3. The molecular weight excluding hydrogens is 162 g/mol. The normalized spacial score (nSPS) is 24.7. The van der Waals surface area contributed by atoms with E-state index in [0.29, 0.717) is 5.92 Å². The van der Waals surface area contributed by atoms with Gasteiger partial charge in [-0.25, -0.2) is 0 Å². The van der Waals surface area contributed by atoms with Crippen molar-refractivity contribution in [2.75, 3.05) is 20.1 Å². The summed E-state index contributed by atoms with van der Waals surface area (Å²) in [5.41, 5.74) is 11.9. The molecular formula is C10H23N3. The van der Waals surface area contributed by atoms with Crippen LogP contribution in [0.4, 0.5) is 0 Å². The molecule has 0 amide bonds. The van der Waals surface area contributed by atoms with Crippen molar-refractivity contribution in [1.82, 2.24) is 4.90 Å². The van der Waals surface area contributed by atoms with Crippen molar-refractivity contribution < 1.29 is 0 Å². The monoisotopic (exact) mass is 185 g/mol. The Labute approximate surface area is 81.5 Å². The van der Waals surface area contributed by atoms with Gasteiger partial charge < -0.3 is 16.4 Å². The smallest absolute Gasteiger partial charge is 0.0253 e. The Morgan fingerprint density at radius 1 is 1.31 bits per heavy atom. The van der Waals surface area contributed by atoms with Gasteiger partial charge in [-0.3, -0.25) is 0 Å². The second-order valence-electron chi connectivity index (χ2n) is 4.99. The zero-order valence-electron chi connectivity index (χ0n) is 9.09. The highest BCUT2D eigenvalue weighted by Gasteiger charge is 2.31. The van der Waals surface area contributed by atoms with Gasteiger partial charge >= 0.3 is 0 Å². The van der Waals surface area contributed by atoms with E-state index in [9.17, 15) is 0 Å². The zero-order valence-corrected chi connectivity index (χ0v) is 9.09. The van der Waals surface area contributed by atoms with Crippen LogP contribution in [0.15, 0.2) is 0 Å². The molecule has 1 fully saturated rings. The maximum absolute atomic E-state index is 6.13. The fourth-order valence-corrected chi connectivity index (χ4v) is 2.00. The van der Waals surface area contributed by atoms with Crippen LogP contribution in [0.1, 0.15) is 26.7 Å². The number of hydrogen-bond donors (Lipinski definition) is 2. The quantitative estimate of drug-likeness (QED) is 0.654. The third kappa shape index (κ3) is 2.93. The first-order chi connectivity index (χ1) is 5.91. The molecule has 1 heterocycles. The van der Waals surface area contributed by atoms with Crippen molar-refractivity contribution in [3.63, 3.8) is 0 Å². The first-order valence-corrected chi connectivity index (χ1v) is 5.14. The molecule has 1 atom stereocenters. The lowest BCUT2D eigenvalue weighted by atomic mass is 9.80. The summed E-state index contributed by atoms with van der Waals surface area (Å²) >= 11 is 0. The molecule has 0 aromatic heterocycles. The third-order valence-electron chi connectivity index (χ3n) is 3.13. The summed E-state index contributed by atoms with van der Waals surface area (Å²) < 4.78 is 0. The van der Waals surface area contributed by atoms with E-state index in [1.54, 1.807) is 0 Å². The van der Waals surface area contributed by atoms with Crippen LogP contribution in [-0.4, -0.2) is 36.6 Å². The van der Waals surface area contributed by atoms with Crippen LogP contribution in [0.3, 0.4) is 0 Å². The molecule has 13 heavy (non-hydrogen) atoms. The lowest BCUT2D eigenvalue weighted by Gasteiger charge is -2.38. The van der Waals surface area contributed by atoms with Gasteiger partial charge in [0.2, 0.25) is 0 Å². The maximum Gasteiger partial charge on any atom is 0.0253 e. The first kappa shape index (κ1) is 11.0. The van der Waals surface area contributed by atoms with Crippen LogP contribution in [-0.2, 0) is 0 Å². The number of nitrogens with two attached hydrogens (primary N) is 2. The Morgan fingerprint density at radius 2 is 1.77 bits per heavy atom. The molecule has 78 valence electrons. The van der Waals surface area contributed by atoms with Crippen LogP contribution in [0.2, 0.25) is 0 Å². The summed E-state index contributed by atoms with van der Waals surface area (Å²) in [6, 6.07) is 0.140.